The summed E-state index contributed by atoms with van der Waals surface area (Å²) in [7, 11) is 0. The topological polar surface area (TPSA) is 433 Å². The van der Waals surface area contributed by atoms with Gasteiger partial charge in [0.15, 0.2) is 18.1 Å². The molecule has 14 atom stereocenters. The van der Waals surface area contributed by atoms with Crippen LogP contribution in [0.25, 0.3) is 0 Å². The fourth-order valence-electron chi connectivity index (χ4n) is 8.14. The van der Waals surface area contributed by atoms with Crippen LogP contribution in [0.5, 0.6) is 5.75 Å². The number of nitrogens with zero attached hydrogens (tertiary/aromatic N) is 1. The second kappa shape index (κ2) is 22.4. The summed E-state index contributed by atoms with van der Waals surface area (Å²) in [5.41, 5.74) is 0.953. The lowest BCUT2D eigenvalue weighted by Gasteiger charge is -2.46. The van der Waals surface area contributed by atoms with Crippen molar-refractivity contribution in [2.24, 2.45) is 0 Å². The number of aromatic hydroxyl groups is 1. The Morgan fingerprint density at radius 1 is 0.618 bits per heavy atom. The molecule has 0 spiro atoms. The lowest BCUT2D eigenvalue weighted by molar-refractivity contribution is -0.260. The monoisotopic (exact) mass is 956 g/mol. The molecule has 0 aromatic heterocycles. The summed E-state index contributed by atoms with van der Waals surface area (Å²) in [6.45, 7) is -3.40. The van der Waals surface area contributed by atoms with E-state index in [4.69, 9.17) is 15.6 Å². The van der Waals surface area contributed by atoms with E-state index in [0.717, 1.165) is 4.90 Å². The smallest absolute Gasteiger partial charge is 0.246 e. The van der Waals surface area contributed by atoms with E-state index in [-0.39, 0.29) is 31.1 Å². The van der Waals surface area contributed by atoms with Gasteiger partial charge in [-0.05, 0) is 23.3 Å². The number of nitrogens with one attached hydrogen (secondary N) is 11. The van der Waals surface area contributed by atoms with Crippen LogP contribution in [-0.4, -0.2) is 211 Å². The van der Waals surface area contributed by atoms with Crippen molar-refractivity contribution in [3.05, 3.63) is 65.7 Å². The number of benzene rings is 2. The number of ether oxygens (including phenoxy) is 1. The molecule has 4 fully saturated rings. The molecule has 27 nitrogen and oxygen atoms in total. The van der Waals surface area contributed by atoms with Gasteiger partial charge in [0, 0.05) is 25.9 Å². The average molecular weight is 957 g/mol. The summed E-state index contributed by atoms with van der Waals surface area (Å²) in [6.07, 6.45) is -13.7. The van der Waals surface area contributed by atoms with Crippen molar-refractivity contribution in [2.45, 2.75) is 98.0 Å². The van der Waals surface area contributed by atoms with Crippen LogP contribution in [0, 0.1) is 10.8 Å². The summed E-state index contributed by atoms with van der Waals surface area (Å²) >= 11 is 0. The Labute approximate surface area is 387 Å². The Morgan fingerprint density at radius 3 is 1.84 bits per heavy atom. The fraction of sp³-hybridized carbons (Fsp3) is 0.512. The van der Waals surface area contributed by atoms with Crippen molar-refractivity contribution < 1.29 is 74.4 Å². The van der Waals surface area contributed by atoms with E-state index >= 15 is 0 Å². The van der Waals surface area contributed by atoms with Crippen LogP contribution in [0.15, 0.2) is 54.6 Å². The summed E-state index contributed by atoms with van der Waals surface area (Å²) in [4.78, 5) is 85.3. The zero-order chi connectivity index (χ0) is 49.4. The highest BCUT2D eigenvalue weighted by atomic mass is 16.6. The Balaban J connectivity index is 1.40. The molecule has 4 heterocycles. The standard InChI is InChI=1S/C41H56N12O15/c42-40-45-12-22(50-40)29(58)27-38(67)52-28(30(59)24-13-46-41(43)53(24)39-33(62)32(61)31(60)25(16-55)68-39)37(66)49-23(15-54)34(63)44-14-26(57)47-20(10-17-4-2-1-3-5-17)35(64)48-21(36(65)51-27)11-18-6-8-19(56)9-7-18/h1-9,20-25,27-33,39,54-56,58-62H,10-16H2,(H2,43,46)(H,44,63)(H,47,57)(H,48,64)(H,49,66)(H,51,65)(H,52,67)(H3,42,45,50). The molecule has 27 heteroatoms. The fourth-order valence-corrected chi connectivity index (χ4v) is 8.14. The van der Waals surface area contributed by atoms with Crippen molar-refractivity contribution in [3.63, 3.8) is 0 Å². The molecule has 4 aliphatic rings. The summed E-state index contributed by atoms with van der Waals surface area (Å²) in [5.74, 6) is -7.80. The number of rotatable bonds is 11. The number of guanidine groups is 2. The summed E-state index contributed by atoms with van der Waals surface area (Å²) < 4.78 is 5.63. The van der Waals surface area contributed by atoms with Gasteiger partial charge in [0.25, 0.3) is 0 Å². The van der Waals surface area contributed by atoms with Crippen LogP contribution in [0.4, 0.5) is 0 Å². The van der Waals surface area contributed by atoms with E-state index in [9.17, 15) is 69.6 Å². The van der Waals surface area contributed by atoms with Crippen LogP contribution in [0.2, 0.25) is 0 Å². The number of carbonyl (C=O) groups excluding carboxylic acids is 6. The lowest BCUT2D eigenvalue weighted by atomic mass is 9.95. The van der Waals surface area contributed by atoms with E-state index in [2.05, 4.69) is 47.9 Å². The molecule has 4 saturated heterocycles. The van der Waals surface area contributed by atoms with Gasteiger partial charge < -0.3 is 98.3 Å². The minimum absolute atomic E-state index is 0.125. The molecule has 2 aromatic carbocycles. The third-order valence-electron chi connectivity index (χ3n) is 11.9. The number of phenols is 1. The van der Waals surface area contributed by atoms with Gasteiger partial charge in [-0.1, -0.05) is 42.5 Å². The van der Waals surface area contributed by atoms with Crippen molar-refractivity contribution in [1.82, 2.24) is 52.8 Å². The number of hydrogen-bond donors (Lipinski definition) is 19. The van der Waals surface area contributed by atoms with Crippen LogP contribution in [-0.2, 0) is 46.3 Å². The number of carbonyl (C=O) groups is 6. The third-order valence-corrected chi connectivity index (χ3v) is 11.9. The molecule has 0 radical (unpaired) electrons. The van der Waals surface area contributed by atoms with Crippen LogP contribution < -0.4 is 47.9 Å². The Morgan fingerprint density at radius 2 is 1.21 bits per heavy atom. The predicted molar refractivity (Wildman–Crippen MR) is 231 cm³/mol. The van der Waals surface area contributed by atoms with Gasteiger partial charge in [-0.15, -0.1) is 0 Å². The average Bonchev–Trinajstić information content (AvgIpc) is 3.94. The van der Waals surface area contributed by atoms with Gasteiger partial charge >= 0.3 is 0 Å². The Hall–Kier alpha value is -6.72. The maximum Gasteiger partial charge on any atom is 0.246 e. The molecule has 14 unspecified atom stereocenters. The van der Waals surface area contributed by atoms with Gasteiger partial charge in [-0.3, -0.25) is 39.6 Å². The molecule has 19 N–H and O–H groups in total. The number of phenolic OH excluding ortho intramolecular Hbond substituents is 1. The van der Waals surface area contributed by atoms with Gasteiger partial charge in [0.1, 0.15) is 72.6 Å². The highest BCUT2D eigenvalue weighted by molar-refractivity contribution is 5.98. The number of amides is 6. The van der Waals surface area contributed by atoms with Crippen molar-refractivity contribution in [1.29, 1.82) is 10.8 Å². The van der Waals surface area contributed by atoms with E-state index in [0.29, 0.717) is 11.1 Å². The molecule has 370 valence electrons. The van der Waals surface area contributed by atoms with Crippen LogP contribution in [0.1, 0.15) is 11.1 Å². The Kier molecular flexibility index (Phi) is 16.7. The lowest BCUT2D eigenvalue weighted by Crippen LogP contribution is -2.69. The first-order chi connectivity index (χ1) is 32.4. The first kappa shape index (κ1) is 50.7. The highest BCUT2D eigenvalue weighted by Gasteiger charge is 2.52. The van der Waals surface area contributed by atoms with E-state index in [1.54, 1.807) is 30.3 Å². The number of aliphatic hydroxyl groups excluding tert-OH is 7. The second-order valence-corrected chi connectivity index (χ2v) is 16.6. The minimum atomic E-state index is -2.26. The van der Waals surface area contributed by atoms with Crippen molar-refractivity contribution in [2.75, 3.05) is 32.8 Å². The molecular formula is C41H56N12O15. The second-order valence-electron chi connectivity index (χ2n) is 16.6. The number of hydrogen-bond acceptors (Lipinski definition) is 17. The molecule has 68 heavy (non-hydrogen) atoms. The molecule has 0 saturated carbocycles. The van der Waals surface area contributed by atoms with Crippen LogP contribution in [0.3, 0.4) is 0 Å². The SMILES string of the molecule is N=C1NCC(C(O)C2NC(=O)C(Cc3ccc(O)cc3)NC(=O)C(Cc3ccccc3)NC(=O)CNC(=O)C(CO)NC(=O)C(C(O)C3CNC(=N)N3C3OC(CO)C(O)C(O)C3O)NC2=O)N1. The molecule has 0 bridgehead atoms. The maximum atomic E-state index is 14.6. The first-order valence-electron chi connectivity index (χ1n) is 21.5. The normalized spacial score (nSPS) is 32.1. The maximum absolute atomic E-state index is 14.6. The first-order valence-corrected chi connectivity index (χ1v) is 21.5. The van der Waals surface area contributed by atoms with Crippen LogP contribution >= 0.6 is 0 Å². The van der Waals surface area contributed by atoms with Gasteiger partial charge in [-0.25, -0.2) is 0 Å². The Bertz CT molecular complexity index is 2170. The molecule has 6 amide bonds. The largest absolute Gasteiger partial charge is 0.508 e. The number of aliphatic hydroxyl groups is 7. The highest BCUT2D eigenvalue weighted by Crippen LogP contribution is 2.28. The summed E-state index contributed by atoms with van der Waals surface area (Å²) in [5, 5.41) is 124. The minimum Gasteiger partial charge on any atom is -0.508 e. The molecule has 2 aromatic rings. The molecule has 6 rings (SSSR count). The van der Waals surface area contributed by atoms with Gasteiger partial charge in [0.05, 0.1) is 31.8 Å². The van der Waals surface area contributed by atoms with E-state index < -0.39 is 153 Å². The predicted octanol–water partition coefficient (Wildman–Crippen LogP) is -9.05. The summed E-state index contributed by atoms with van der Waals surface area (Å²) in [6, 6.07) is 1.94. The zero-order valence-corrected chi connectivity index (χ0v) is 36.1. The molecule has 0 aliphatic carbocycles. The quantitative estimate of drug-likeness (QED) is 0.0994. The van der Waals surface area contributed by atoms with Gasteiger partial charge in [0.2, 0.25) is 35.4 Å². The van der Waals surface area contributed by atoms with E-state index in [1.165, 1.54) is 24.3 Å². The van der Waals surface area contributed by atoms with E-state index in [1.807, 2.05) is 0 Å². The zero-order valence-electron chi connectivity index (χ0n) is 36.1. The molecular weight excluding hydrogens is 901 g/mol. The molecule has 4 aliphatic heterocycles. The third kappa shape index (κ3) is 11.9. The van der Waals surface area contributed by atoms with Crippen molar-refractivity contribution >= 4 is 47.4 Å². The van der Waals surface area contributed by atoms with Gasteiger partial charge in [-0.2, -0.15) is 0 Å². The van der Waals surface area contributed by atoms with Crippen molar-refractivity contribution in [3.8, 4) is 5.75 Å².